The highest BCUT2D eigenvalue weighted by Gasteiger charge is 2.19. The van der Waals surface area contributed by atoms with Gasteiger partial charge in [-0.3, -0.25) is 0 Å². The summed E-state index contributed by atoms with van der Waals surface area (Å²) >= 11 is 0. The van der Waals surface area contributed by atoms with Crippen LogP contribution in [-0.2, 0) is 20.8 Å². The summed E-state index contributed by atoms with van der Waals surface area (Å²) in [7, 11) is 1.52. The Morgan fingerprint density at radius 2 is 2.20 bits per heavy atom. The number of aliphatic hydroxyl groups excluding tert-OH is 1. The minimum Gasteiger partial charge on any atom is -0.458 e. The van der Waals surface area contributed by atoms with Gasteiger partial charge in [0.1, 0.15) is 6.61 Å². The molecule has 1 aromatic heterocycles. The van der Waals surface area contributed by atoms with Gasteiger partial charge in [-0.2, -0.15) is 0 Å². The average Bonchev–Trinajstić information content (AvgIpc) is 2.78. The summed E-state index contributed by atoms with van der Waals surface area (Å²) < 4.78 is 16.3. The first-order valence-electron chi connectivity index (χ1n) is 6.42. The standard InChI is InChI=1S/C12H21N3O5/c1-4-19-8-10(16)7-15-9(2)11(13-14-15)12(17)20-6-5-18-3/h10,16H,4-8H2,1-3H3. The van der Waals surface area contributed by atoms with Gasteiger partial charge in [0.05, 0.1) is 31.6 Å². The number of carbonyl (C=O) groups excluding carboxylic acids is 1. The number of ether oxygens (including phenoxy) is 3. The molecule has 0 aromatic carbocycles. The first-order valence-corrected chi connectivity index (χ1v) is 6.42. The largest absolute Gasteiger partial charge is 0.458 e. The van der Waals surface area contributed by atoms with E-state index in [0.717, 1.165) is 0 Å². The molecule has 0 bridgehead atoms. The lowest BCUT2D eigenvalue weighted by Crippen LogP contribution is -2.23. The van der Waals surface area contributed by atoms with Crippen LogP contribution in [0.2, 0.25) is 0 Å². The smallest absolute Gasteiger partial charge is 0.360 e. The fourth-order valence-corrected chi connectivity index (χ4v) is 1.51. The van der Waals surface area contributed by atoms with E-state index in [1.165, 1.54) is 11.8 Å². The first kappa shape index (κ1) is 16.5. The van der Waals surface area contributed by atoms with Gasteiger partial charge in [-0.25, -0.2) is 9.48 Å². The summed E-state index contributed by atoms with van der Waals surface area (Å²) in [5, 5.41) is 17.3. The molecule has 1 N–H and O–H groups in total. The maximum absolute atomic E-state index is 11.7. The molecule has 114 valence electrons. The number of esters is 1. The number of nitrogens with zero attached hydrogens (tertiary/aromatic N) is 3. The Hall–Kier alpha value is -1.51. The topological polar surface area (TPSA) is 95.7 Å². The lowest BCUT2D eigenvalue weighted by atomic mass is 10.3. The van der Waals surface area contributed by atoms with Crippen molar-refractivity contribution < 1.29 is 24.1 Å². The second-order valence-electron chi connectivity index (χ2n) is 4.15. The number of aliphatic hydroxyl groups is 1. The molecular formula is C12H21N3O5. The van der Waals surface area contributed by atoms with E-state index in [0.29, 0.717) is 18.9 Å². The monoisotopic (exact) mass is 287 g/mol. The Labute approximate surface area is 117 Å². The molecule has 1 heterocycles. The van der Waals surface area contributed by atoms with Gasteiger partial charge in [0, 0.05) is 13.7 Å². The molecule has 20 heavy (non-hydrogen) atoms. The molecule has 0 fully saturated rings. The maximum atomic E-state index is 11.7. The number of aromatic nitrogens is 3. The molecule has 0 spiro atoms. The van der Waals surface area contributed by atoms with Crippen LogP contribution in [0, 0.1) is 6.92 Å². The van der Waals surface area contributed by atoms with E-state index in [1.807, 2.05) is 6.92 Å². The predicted molar refractivity (Wildman–Crippen MR) is 69.4 cm³/mol. The first-order chi connectivity index (χ1) is 9.60. The van der Waals surface area contributed by atoms with Crippen LogP contribution in [0.5, 0.6) is 0 Å². The van der Waals surface area contributed by atoms with E-state index >= 15 is 0 Å². The molecular weight excluding hydrogens is 266 g/mol. The molecule has 1 rings (SSSR count). The molecule has 8 heteroatoms. The Morgan fingerprint density at radius 1 is 1.45 bits per heavy atom. The second-order valence-corrected chi connectivity index (χ2v) is 4.15. The van der Waals surface area contributed by atoms with Crippen molar-refractivity contribution in [3.05, 3.63) is 11.4 Å². The van der Waals surface area contributed by atoms with Crippen molar-refractivity contribution in [1.29, 1.82) is 0 Å². The highest BCUT2D eigenvalue weighted by atomic mass is 16.6. The minimum atomic E-state index is -0.701. The number of rotatable bonds is 9. The van der Waals surface area contributed by atoms with Crippen molar-refractivity contribution in [3.8, 4) is 0 Å². The van der Waals surface area contributed by atoms with E-state index in [4.69, 9.17) is 14.2 Å². The maximum Gasteiger partial charge on any atom is 0.360 e. The van der Waals surface area contributed by atoms with Gasteiger partial charge >= 0.3 is 5.97 Å². The van der Waals surface area contributed by atoms with Crippen LogP contribution in [0.15, 0.2) is 0 Å². The molecule has 0 amide bonds. The van der Waals surface area contributed by atoms with Crippen molar-refractivity contribution in [1.82, 2.24) is 15.0 Å². The highest BCUT2D eigenvalue weighted by Crippen LogP contribution is 2.06. The summed E-state index contributed by atoms with van der Waals surface area (Å²) in [5.41, 5.74) is 0.688. The van der Waals surface area contributed by atoms with Gasteiger partial charge in [-0.1, -0.05) is 5.21 Å². The van der Waals surface area contributed by atoms with Crippen molar-refractivity contribution in [2.45, 2.75) is 26.5 Å². The zero-order valence-electron chi connectivity index (χ0n) is 12.0. The molecule has 0 aliphatic rings. The van der Waals surface area contributed by atoms with E-state index in [1.54, 1.807) is 6.92 Å². The van der Waals surface area contributed by atoms with Crippen molar-refractivity contribution in [2.24, 2.45) is 0 Å². The van der Waals surface area contributed by atoms with Crippen LogP contribution < -0.4 is 0 Å². The predicted octanol–water partition coefficient (Wildman–Crippen LogP) is -0.213. The van der Waals surface area contributed by atoms with Crippen LogP contribution in [-0.4, -0.2) is 65.7 Å². The number of methoxy groups -OCH3 is 1. The third kappa shape index (κ3) is 4.87. The molecule has 0 aliphatic heterocycles. The quantitative estimate of drug-likeness (QED) is 0.496. The fraction of sp³-hybridized carbons (Fsp3) is 0.750. The normalized spacial score (nSPS) is 12.4. The Balaban J connectivity index is 2.57. The third-order valence-corrected chi connectivity index (χ3v) is 2.59. The van der Waals surface area contributed by atoms with Crippen molar-refractivity contribution in [3.63, 3.8) is 0 Å². The van der Waals surface area contributed by atoms with Gasteiger partial charge in [0.2, 0.25) is 0 Å². The van der Waals surface area contributed by atoms with Crippen LogP contribution in [0.4, 0.5) is 0 Å². The van der Waals surface area contributed by atoms with E-state index in [9.17, 15) is 9.90 Å². The number of carbonyl (C=O) groups is 1. The Bertz CT molecular complexity index is 421. The second kappa shape index (κ2) is 8.62. The molecule has 1 atom stereocenters. The summed E-state index contributed by atoms with van der Waals surface area (Å²) in [6.45, 7) is 4.99. The molecule has 0 saturated carbocycles. The van der Waals surface area contributed by atoms with E-state index in [2.05, 4.69) is 10.3 Å². The van der Waals surface area contributed by atoms with Gasteiger partial charge in [-0.15, -0.1) is 5.10 Å². The fourth-order valence-electron chi connectivity index (χ4n) is 1.51. The van der Waals surface area contributed by atoms with Crippen LogP contribution in [0.3, 0.4) is 0 Å². The SMILES string of the molecule is CCOCC(O)Cn1nnc(C(=O)OCCOC)c1C. The third-order valence-electron chi connectivity index (χ3n) is 2.59. The zero-order valence-corrected chi connectivity index (χ0v) is 12.0. The summed E-state index contributed by atoms with van der Waals surface area (Å²) in [6, 6.07) is 0. The van der Waals surface area contributed by atoms with Gasteiger partial charge in [0.15, 0.2) is 5.69 Å². The summed E-state index contributed by atoms with van der Waals surface area (Å²) in [6.07, 6.45) is -0.701. The van der Waals surface area contributed by atoms with Gasteiger partial charge < -0.3 is 19.3 Å². The van der Waals surface area contributed by atoms with Crippen LogP contribution in [0.25, 0.3) is 0 Å². The molecule has 1 aromatic rings. The minimum absolute atomic E-state index is 0.143. The van der Waals surface area contributed by atoms with E-state index < -0.39 is 12.1 Å². The van der Waals surface area contributed by atoms with Crippen molar-refractivity contribution in [2.75, 3.05) is 33.5 Å². The van der Waals surface area contributed by atoms with E-state index in [-0.39, 0.29) is 25.5 Å². The molecule has 8 nitrogen and oxygen atoms in total. The highest BCUT2D eigenvalue weighted by molar-refractivity contribution is 5.88. The molecule has 0 aliphatic carbocycles. The molecule has 0 saturated heterocycles. The average molecular weight is 287 g/mol. The van der Waals surface area contributed by atoms with Crippen LogP contribution >= 0.6 is 0 Å². The number of hydrogen-bond donors (Lipinski definition) is 1. The Morgan fingerprint density at radius 3 is 2.85 bits per heavy atom. The number of hydrogen-bond acceptors (Lipinski definition) is 7. The zero-order chi connectivity index (χ0) is 15.0. The van der Waals surface area contributed by atoms with Crippen LogP contribution in [0.1, 0.15) is 23.1 Å². The lowest BCUT2D eigenvalue weighted by molar-refractivity contribution is 0.0309. The van der Waals surface area contributed by atoms with Gasteiger partial charge in [-0.05, 0) is 13.8 Å². The molecule has 1 unspecified atom stereocenters. The van der Waals surface area contributed by atoms with Gasteiger partial charge in [0.25, 0.3) is 0 Å². The summed E-state index contributed by atoms with van der Waals surface area (Å²) in [5.74, 6) is -0.551. The Kier molecular flexibility index (Phi) is 7.13. The summed E-state index contributed by atoms with van der Waals surface area (Å²) in [4.78, 5) is 11.7. The van der Waals surface area contributed by atoms with Crippen molar-refractivity contribution >= 4 is 5.97 Å². The molecule has 0 radical (unpaired) electrons. The lowest BCUT2D eigenvalue weighted by Gasteiger charge is -2.11.